The lowest BCUT2D eigenvalue weighted by Crippen LogP contribution is -2.07. The predicted octanol–water partition coefficient (Wildman–Crippen LogP) is 1.81. The van der Waals surface area contributed by atoms with E-state index >= 15 is 0 Å². The van der Waals surface area contributed by atoms with E-state index in [0.717, 1.165) is 11.3 Å². The van der Waals surface area contributed by atoms with Gasteiger partial charge >= 0.3 is 0 Å². The second-order valence-electron chi connectivity index (χ2n) is 2.68. The van der Waals surface area contributed by atoms with Crippen molar-refractivity contribution in [3.63, 3.8) is 0 Å². The van der Waals surface area contributed by atoms with Crippen LogP contribution in [0.3, 0.4) is 0 Å². The minimum Gasteiger partial charge on any atom is -0.382 e. The molecule has 0 saturated carbocycles. The molecule has 1 aromatic rings. The fourth-order valence-corrected chi connectivity index (χ4v) is 0.999. The summed E-state index contributed by atoms with van der Waals surface area (Å²) in [7, 11) is 1.68. The summed E-state index contributed by atoms with van der Waals surface area (Å²) in [4.78, 5) is 3.93. The molecule has 2 heteroatoms. The molecule has 1 N–H and O–H groups in total. The Labute approximate surface area is 72.6 Å². The van der Waals surface area contributed by atoms with Crippen LogP contribution in [0.5, 0.6) is 0 Å². The fraction of sp³-hybridized carbons (Fsp3) is 0.300. The molecule has 0 aliphatic carbocycles. The Hall–Kier alpha value is -1.15. The fourth-order valence-electron chi connectivity index (χ4n) is 0.999. The van der Waals surface area contributed by atoms with Gasteiger partial charge in [-0.3, -0.25) is 4.99 Å². The van der Waals surface area contributed by atoms with E-state index in [2.05, 4.69) is 4.99 Å². The summed E-state index contributed by atoms with van der Waals surface area (Å²) in [6, 6.07) is 9.51. The first-order valence-corrected chi connectivity index (χ1v) is 3.92. The van der Waals surface area contributed by atoms with Gasteiger partial charge in [0.15, 0.2) is 0 Å². The molecule has 0 aromatic heterocycles. The van der Waals surface area contributed by atoms with Crippen LogP contribution in [0.4, 0.5) is 0 Å². The van der Waals surface area contributed by atoms with Crippen LogP contribution >= 0.6 is 0 Å². The van der Waals surface area contributed by atoms with Crippen molar-refractivity contribution in [3.8, 4) is 0 Å². The van der Waals surface area contributed by atoms with Gasteiger partial charge in [-0.25, -0.2) is 0 Å². The second-order valence-corrected chi connectivity index (χ2v) is 2.68. The van der Waals surface area contributed by atoms with Gasteiger partial charge in [-0.05, 0) is 12.5 Å². The average molecular weight is 163 g/mol. The van der Waals surface area contributed by atoms with Crippen molar-refractivity contribution in [1.29, 1.82) is 0 Å². The second kappa shape index (κ2) is 4.02. The third-order valence-electron chi connectivity index (χ3n) is 1.86. The normalized spacial score (nSPS) is 14.4. The maximum atomic E-state index is 9.66. The number of aliphatic hydroxyl groups excluding tert-OH is 1. The third kappa shape index (κ3) is 1.92. The first kappa shape index (κ1) is 8.94. The van der Waals surface area contributed by atoms with Crippen LogP contribution < -0.4 is 0 Å². The molecule has 64 valence electrons. The van der Waals surface area contributed by atoms with E-state index in [1.165, 1.54) is 0 Å². The molecule has 0 bridgehead atoms. The summed E-state index contributed by atoms with van der Waals surface area (Å²) in [5.74, 6) is 0. The van der Waals surface area contributed by atoms with Gasteiger partial charge in [0.1, 0.15) is 6.10 Å². The molecule has 1 aromatic carbocycles. The van der Waals surface area contributed by atoms with Crippen LogP contribution in [-0.4, -0.2) is 17.9 Å². The zero-order valence-electron chi connectivity index (χ0n) is 7.36. The number of hydrogen-bond donors (Lipinski definition) is 1. The van der Waals surface area contributed by atoms with Crippen molar-refractivity contribution >= 4 is 5.71 Å². The minimum absolute atomic E-state index is 0.559. The van der Waals surface area contributed by atoms with Crippen molar-refractivity contribution in [2.24, 2.45) is 4.99 Å². The highest BCUT2D eigenvalue weighted by atomic mass is 16.3. The van der Waals surface area contributed by atoms with Crippen molar-refractivity contribution in [1.82, 2.24) is 0 Å². The molecule has 0 fully saturated rings. The van der Waals surface area contributed by atoms with Crippen molar-refractivity contribution < 1.29 is 5.11 Å². The third-order valence-corrected chi connectivity index (χ3v) is 1.86. The zero-order valence-corrected chi connectivity index (χ0v) is 7.36. The molecule has 0 radical (unpaired) electrons. The van der Waals surface area contributed by atoms with Gasteiger partial charge in [0.05, 0.1) is 0 Å². The SMILES string of the molecule is CN=C(C)C(O)c1ccccc1. The monoisotopic (exact) mass is 163 g/mol. The molecule has 1 rings (SSSR count). The van der Waals surface area contributed by atoms with Crippen LogP contribution in [0.2, 0.25) is 0 Å². The molecule has 2 nitrogen and oxygen atoms in total. The molecule has 0 saturated heterocycles. The van der Waals surface area contributed by atoms with Gasteiger partial charge in [-0.2, -0.15) is 0 Å². The number of benzene rings is 1. The highest BCUT2D eigenvalue weighted by molar-refractivity contribution is 5.87. The lowest BCUT2D eigenvalue weighted by atomic mass is 10.1. The van der Waals surface area contributed by atoms with Gasteiger partial charge < -0.3 is 5.11 Å². The number of nitrogens with zero attached hydrogens (tertiary/aromatic N) is 1. The standard InChI is InChI=1S/C10H13NO/c1-8(11-2)10(12)9-6-4-3-5-7-9/h3-7,10,12H,1-2H3. The molecule has 0 heterocycles. The molecule has 0 amide bonds. The van der Waals surface area contributed by atoms with E-state index in [1.807, 2.05) is 37.3 Å². The molecule has 0 spiro atoms. The van der Waals surface area contributed by atoms with Crippen molar-refractivity contribution in [3.05, 3.63) is 35.9 Å². The molecular formula is C10H13NO. The maximum absolute atomic E-state index is 9.66. The highest BCUT2D eigenvalue weighted by Crippen LogP contribution is 2.13. The summed E-state index contributed by atoms with van der Waals surface area (Å²) in [6.45, 7) is 1.82. The zero-order chi connectivity index (χ0) is 8.97. The van der Waals surface area contributed by atoms with E-state index < -0.39 is 6.10 Å². The van der Waals surface area contributed by atoms with Crippen LogP contribution in [0, 0.1) is 0 Å². The summed E-state index contributed by atoms with van der Waals surface area (Å²) in [6.07, 6.45) is -0.559. The van der Waals surface area contributed by atoms with E-state index in [4.69, 9.17) is 0 Å². The summed E-state index contributed by atoms with van der Waals surface area (Å²) >= 11 is 0. The molecule has 1 atom stereocenters. The first-order chi connectivity index (χ1) is 5.75. The topological polar surface area (TPSA) is 32.6 Å². The maximum Gasteiger partial charge on any atom is 0.116 e. The van der Waals surface area contributed by atoms with E-state index in [0.29, 0.717) is 0 Å². The quantitative estimate of drug-likeness (QED) is 0.662. The Morgan fingerprint density at radius 3 is 2.42 bits per heavy atom. The van der Waals surface area contributed by atoms with Crippen LogP contribution in [-0.2, 0) is 0 Å². The van der Waals surface area contributed by atoms with Crippen molar-refractivity contribution in [2.75, 3.05) is 7.05 Å². The Morgan fingerprint density at radius 1 is 1.33 bits per heavy atom. The van der Waals surface area contributed by atoms with Gasteiger partial charge in [-0.15, -0.1) is 0 Å². The number of aliphatic hydroxyl groups is 1. The van der Waals surface area contributed by atoms with Crippen LogP contribution in [0.25, 0.3) is 0 Å². The van der Waals surface area contributed by atoms with E-state index in [1.54, 1.807) is 7.05 Å². The van der Waals surface area contributed by atoms with Crippen molar-refractivity contribution in [2.45, 2.75) is 13.0 Å². The Balaban J connectivity index is 2.86. The van der Waals surface area contributed by atoms with Crippen LogP contribution in [0.15, 0.2) is 35.3 Å². The molecule has 12 heavy (non-hydrogen) atoms. The molecule has 1 unspecified atom stereocenters. The minimum atomic E-state index is -0.559. The summed E-state index contributed by atoms with van der Waals surface area (Å²) in [5.41, 5.74) is 1.63. The summed E-state index contributed by atoms with van der Waals surface area (Å²) < 4.78 is 0. The van der Waals surface area contributed by atoms with Gasteiger partial charge in [-0.1, -0.05) is 30.3 Å². The lowest BCUT2D eigenvalue weighted by molar-refractivity contribution is 0.246. The van der Waals surface area contributed by atoms with E-state index in [9.17, 15) is 5.11 Å². The first-order valence-electron chi connectivity index (χ1n) is 3.92. The van der Waals surface area contributed by atoms with Gasteiger partial charge in [0.2, 0.25) is 0 Å². The predicted molar refractivity (Wildman–Crippen MR) is 50.4 cm³/mol. The molecular weight excluding hydrogens is 150 g/mol. The lowest BCUT2D eigenvalue weighted by Gasteiger charge is -2.09. The average Bonchev–Trinajstić information content (AvgIpc) is 2.17. The Bertz CT molecular complexity index is 266. The largest absolute Gasteiger partial charge is 0.382 e. The molecule has 0 aliphatic heterocycles. The molecule has 0 aliphatic rings. The Kier molecular flexibility index (Phi) is 3.00. The van der Waals surface area contributed by atoms with Crippen LogP contribution in [0.1, 0.15) is 18.6 Å². The smallest absolute Gasteiger partial charge is 0.116 e. The summed E-state index contributed by atoms with van der Waals surface area (Å²) in [5, 5.41) is 9.66. The number of hydrogen-bond acceptors (Lipinski definition) is 2. The van der Waals surface area contributed by atoms with Gasteiger partial charge in [0.25, 0.3) is 0 Å². The van der Waals surface area contributed by atoms with Gasteiger partial charge in [0, 0.05) is 12.8 Å². The van der Waals surface area contributed by atoms with E-state index in [-0.39, 0.29) is 0 Å². The highest BCUT2D eigenvalue weighted by Gasteiger charge is 2.08. The Morgan fingerprint density at radius 2 is 1.92 bits per heavy atom. The number of aliphatic imine (C=N–C) groups is 1. The number of rotatable bonds is 2.